The molecular weight excluding hydrogens is 336 g/mol. The Kier molecular flexibility index (Phi) is 19.3. The maximum Gasteiger partial charge on any atom is 0.306 e. The van der Waals surface area contributed by atoms with Gasteiger partial charge in [0.2, 0.25) is 0 Å². The number of aliphatic hydroxyl groups is 2. The summed E-state index contributed by atoms with van der Waals surface area (Å²) in [4.78, 5) is 23.1. The van der Waals surface area contributed by atoms with E-state index in [-0.39, 0.29) is 38.0 Å². The summed E-state index contributed by atoms with van der Waals surface area (Å²) in [7, 11) is 0. The quantitative estimate of drug-likeness (QED) is 0.265. The molecule has 0 aromatic carbocycles. The van der Waals surface area contributed by atoms with Gasteiger partial charge in [-0.1, -0.05) is 51.4 Å². The molecule has 0 saturated heterocycles. The lowest BCUT2D eigenvalue weighted by molar-refractivity contribution is -0.150. The van der Waals surface area contributed by atoms with Crippen LogP contribution in [0.5, 0.6) is 0 Å². The number of hydrogen-bond donors (Lipinski definition) is 2. The molecule has 0 aromatic heterocycles. The highest BCUT2D eigenvalue weighted by molar-refractivity contribution is 5.77. The SMILES string of the molecule is O=C(CCC(=O)OCCCCCCCCO)OCCCCCCCCO. The van der Waals surface area contributed by atoms with Gasteiger partial charge < -0.3 is 19.7 Å². The van der Waals surface area contributed by atoms with Crippen molar-refractivity contribution in [1.82, 2.24) is 0 Å². The van der Waals surface area contributed by atoms with Crippen LogP contribution in [-0.4, -0.2) is 48.6 Å². The molecule has 0 aliphatic heterocycles. The number of ether oxygens (including phenoxy) is 2. The molecule has 6 nitrogen and oxygen atoms in total. The van der Waals surface area contributed by atoms with E-state index in [0.29, 0.717) is 13.2 Å². The van der Waals surface area contributed by atoms with Gasteiger partial charge in [-0.3, -0.25) is 9.59 Å². The minimum atomic E-state index is -0.342. The van der Waals surface area contributed by atoms with Crippen molar-refractivity contribution in [2.45, 2.75) is 89.9 Å². The highest BCUT2D eigenvalue weighted by atomic mass is 16.5. The molecule has 0 rings (SSSR count). The van der Waals surface area contributed by atoms with Gasteiger partial charge in [0.1, 0.15) is 0 Å². The highest BCUT2D eigenvalue weighted by Crippen LogP contribution is 2.07. The third kappa shape index (κ3) is 19.2. The maximum absolute atomic E-state index is 11.5. The molecule has 6 heteroatoms. The second kappa shape index (κ2) is 20.2. The summed E-state index contributed by atoms with van der Waals surface area (Å²) in [6, 6.07) is 0. The normalized spacial score (nSPS) is 10.7. The Morgan fingerprint density at radius 1 is 0.500 bits per heavy atom. The third-order valence-corrected chi connectivity index (χ3v) is 4.16. The minimum Gasteiger partial charge on any atom is -0.466 e. The zero-order chi connectivity index (χ0) is 19.3. The van der Waals surface area contributed by atoms with Crippen LogP contribution in [0.15, 0.2) is 0 Å². The van der Waals surface area contributed by atoms with E-state index in [0.717, 1.165) is 77.0 Å². The maximum atomic E-state index is 11.5. The smallest absolute Gasteiger partial charge is 0.306 e. The Morgan fingerprint density at radius 2 is 0.808 bits per heavy atom. The van der Waals surface area contributed by atoms with Gasteiger partial charge in [-0.25, -0.2) is 0 Å². The van der Waals surface area contributed by atoms with Crippen LogP contribution >= 0.6 is 0 Å². The number of hydrogen-bond acceptors (Lipinski definition) is 6. The number of carbonyl (C=O) groups is 2. The van der Waals surface area contributed by atoms with Crippen LogP contribution < -0.4 is 0 Å². The van der Waals surface area contributed by atoms with Gasteiger partial charge in [-0.2, -0.15) is 0 Å². The van der Waals surface area contributed by atoms with E-state index in [1.807, 2.05) is 0 Å². The van der Waals surface area contributed by atoms with E-state index in [1.165, 1.54) is 0 Å². The minimum absolute atomic E-state index is 0.0799. The monoisotopic (exact) mass is 374 g/mol. The van der Waals surface area contributed by atoms with Crippen LogP contribution in [0.25, 0.3) is 0 Å². The molecule has 0 amide bonds. The molecule has 0 heterocycles. The van der Waals surface area contributed by atoms with E-state index in [4.69, 9.17) is 19.7 Å². The molecule has 0 aliphatic rings. The van der Waals surface area contributed by atoms with Crippen LogP contribution in [0.2, 0.25) is 0 Å². The average Bonchev–Trinajstić information content (AvgIpc) is 2.64. The number of esters is 2. The summed E-state index contributed by atoms with van der Waals surface area (Å²) in [6.07, 6.45) is 12.0. The Balaban J connectivity index is 3.33. The van der Waals surface area contributed by atoms with E-state index >= 15 is 0 Å². The van der Waals surface area contributed by atoms with Gasteiger partial charge in [-0.05, 0) is 25.7 Å². The Labute approximate surface area is 158 Å². The zero-order valence-electron chi connectivity index (χ0n) is 16.3. The first-order chi connectivity index (χ1) is 12.7. The van der Waals surface area contributed by atoms with Crippen LogP contribution in [0.4, 0.5) is 0 Å². The van der Waals surface area contributed by atoms with Crippen molar-refractivity contribution in [2.24, 2.45) is 0 Å². The molecule has 0 spiro atoms. The third-order valence-electron chi connectivity index (χ3n) is 4.16. The van der Waals surface area contributed by atoms with Crippen LogP contribution in [0, 0.1) is 0 Å². The van der Waals surface area contributed by atoms with Gasteiger partial charge in [0.05, 0.1) is 26.1 Å². The fourth-order valence-electron chi connectivity index (χ4n) is 2.56. The first kappa shape index (κ1) is 24.9. The molecule has 0 atom stereocenters. The standard InChI is InChI=1S/C20H38O6/c21-15-9-5-1-3-7-11-17-25-19(23)13-14-20(24)26-18-12-8-4-2-6-10-16-22/h21-22H,1-18H2. The van der Waals surface area contributed by atoms with Gasteiger partial charge in [0.15, 0.2) is 0 Å². The second-order valence-electron chi connectivity index (χ2n) is 6.63. The molecule has 0 bridgehead atoms. The van der Waals surface area contributed by atoms with Crippen molar-refractivity contribution in [3.63, 3.8) is 0 Å². The molecule has 0 aliphatic carbocycles. The largest absolute Gasteiger partial charge is 0.466 e. The van der Waals surface area contributed by atoms with Gasteiger partial charge in [0, 0.05) is 13.2 Å². The van der Waals surface area contributed by atoms with Crippen molar-refractivity contribution in [2.75, 3.05) is 26.4 Å². The zero-order valence-corrected chi connectivity index (χ0v) is 16.3. The Hall–Kier alpha value is -1.14. The Morgan fingerprint density at radius 3 is 1.15 bits per heavy atom. The topological polar surface area (TPSA) is 93.1 Å². The molecule has 0 aromatic rings. The van der Waals surface area contributed by atoms with Crippen molar-refractivity contribution >= 4 is 11.9 Å². The first-order valence-corrected chi connectivity index (χ1v) is 10.2. The lowest BCUT2D eigenvalue weighted by Crippen LogP contribution is -2.11. The molecule has 154 valence electrons. The van der Waals surface area contributed by atoms with Gasteiger partial charge in [-0.15, -0.1) is 0 Å². The first-order valence-electron chi connectivity index (χ1n) is 10.2. The summed E-state index contributed by atoms with van der Waals surface area (Å²) >= 11 is 0. The summed E-state index contributed by atoms with van der Waals surface area (Å²) in [5, 5.41) is 17.3. The second-order valence-corrected chi connectivity index (χ2v) is 6.63. The van der Waals surface area contributed by atoms with Crippen LogP contribution in [0.3, 0.4) is 0 Å². The molecule has 0 saturated carbocycles. The van der Waals surface area contributed by atoms with Crippen molar-refractivity contribution in [3.8, 4) is 0 Å². The number of rotatable bonds is 19. The molecular formula is C20H38O6. The van der Waals surface area contributed by atoms with Crippen molar-refractivity contribution in [1.29, 1.82) is 0 Å². The van der Waals surface area contributed by atoms with E-state index in [9.17, 15) is 9.59 Å². The summed E-state index contributed by atoms with van der Waals surface area (Å²) < 4.78 is 10.2. The molecule has 0 fully saturated rings. The van der Waals surface area contributed by atoms with E-state index in [1.54, 1.807) is 0 Å². The van der Waals surface area contributed by atoms with Gasteiger partial charge >= 0.3 is 11.9 Å². The van der Waals surface area contributed by atoms with E-state index in [2.05, 4.69) is 0 Å². The molecule has 0 unspecified atom stereocenters. The fraction of sp³-hybridized carbons (Fsp3) is 0.900. The predicted molar refractivity (Wildman–Crippen MR) is 101 cm³/mol. The van der Waals surface area contributed by atoms with Crippen LogP contribution in [-0.2, 0) is 19.1 Å². The Bertz CT molecular complexity index is 300. The fourth-order valence-corrected chi connectivity index (χ4v) is 2.56. The van der Waals surface area contributed by atoms with Crippen molar-refractivity contribution in [3.05, 3.63) is 0 Å². The summed E-state index contributed by atoms with van der Waals surface area (Å²) in [5.74, 6) is -0.683. The highest BCUT2D eigenvalue weighted by Gasteiger charge is 2.09. The molecule has 0 radical (unpaired) electrons. The predicted octanol–water partition coefficient (Wildman–Crippen LogP) is 3.52. The summed E-state index contributed by atoms with van der Waals surface area (Å²) in [6.45, 7) is 1.32. The number of aliphatic hydroxyl groups excluding tert-OH is 2. The molecule has 2 N–H and O–H groups in total. The number of unbranched alkanes of at least 4 members (excludes halogenated alkanes) is 10. The lowest BCUT2D eigenvalue weighted by atomic mass is 10.1. The summed E-state index contributed by atoms with van der Waals surface area (Å²) in [5.41, 5.74) is 0. The average molecular weight is 375 g/mol. The van der Waals surface area contributed by atoms with Gasteiger partial charge in [0.25, 0.3) is 0 Å². The molecule has 26 heavy (non-hydrogen) atoms. The number of carbonyl (C=O) groups excluding carboxylic acids is 2. The van der Waals surface area contributed by atoms with Crippen molar-refractivity contribution < 1.29 is 29.3 Å². The van der Waals surface area contributed by atoms with Crippen LogP contribution in [0.1, 0.15) is 89.9 Å². The lowest BCUT2D eigenvalue weighted by Gasteiger charge is -2.06. The van der Waals surface area contributed by atoms with E-state index < -0.39 is 0 Å².